The van der Waals surface area contributed by atoms with Crippen LogP contribution in [0.15, 0.2) is 0 Å². The van der Waals surface area contributed by atoms with Gasteiger partial charge in [0.2, 0.25) is 5.91 Å². The Bertz CT molecular complexity index is 228. The predicted molar refractivity (Wildman–Crippen MR) is 59.7 cm³/mol. The fraction of sp³-hybridized carbons (Fsp3) is 0.909. The third-order valence-electron chi connectivity index (χ3n) is 3.31. The summed E-state index contributed by atoms with van der Waals surface area (Å²) in [5.41, 5.74) is 0. The standard InChI is InChI=1S/C11H21N3O/c1-12-11(15)10-5-4-9(14-10)6-7-13-8-2-3-8/h8-10,13-14H,2-7H2,1H3,(H,12,15). The zero-order valence-corrected chi connectivity index (χ0v) is 9.38. The van der Waals surface area contributed by atoms with Gasteiger partial charge in [-0.25, -0.2) is 0 Å². The van der Waals surface area contributed by atoms with Crippen LogP contribution in [0.25, 0.3) is 0 Å². The molecule has 3 N–H and O–H groups in total. The zero-order chi connectivity index (χ0) is 10.7. The summed E-state index contributed by atoms with van der Waals surface area (Å²) >= 11 is 0. The molecular formula is C11H21N3O. The monoisotopic (exact) mass is 211 g/mol. The molecule has 1 heterocycles. The quantitative estimate of drug-likeness (QED) is 0.600. The van der Waals surface area contributed by atoms with Crippen LogP contribution < -0.4 is 16.0 Å². The predicted octanol–water partition coefficient (Wildman–Crippen LogP) is -0.00490. The van der Waals surface area contributed by atoms with Crippen LogP contribution in [0, 0.1) is 0 Å². The molecule has 1 saturated heterocycles. The SMILES string of the molecule is CNC(=O)C1CCC(CCNC2CC2)N1. The molecule has 0 spiro atoms. The number of rotatable bonds is 5. The molecule has 2 atom stereocenters. The molecule has 1 amide bonds. The number of nitrogens with one attached hydrogen (secondary N) is 3. The van der Waals surface area contributed by atoms with Crippen molar-refractivity contribution in [2.24, 2.45) is 0 Å². The smallest absolute Gasteiger partial charge is 0.236 e. The first-order valence-electron chi connectivity index (χ1n) is 6.00. The molecule has 0 radical (unpaired) electrons. The van der Waals surface area contributed by atoms with Crippen LogP contribution >= 0.6 is 0 Å². The van der Waals surface area contributed by atoms with E-state index in [-0.39, 0.29) is 11.9 Å². The molecule has 2 aliphatic rings. The molecule has 15 heavy (non-hydrogen) atoms. The Morgan fingerprint density at radius 3 is 2.80 bits per heavy atom. The van der Waals surface area contributed by atoms with Gasteiger partial charge in [-0.3, -0.25) is 4.79 Å². The van der Waals surface area contributed by atoms with Gasteiger partial charge in [-0.2, -0.15) is 0 Å². The second-order valence-electron chi connectivity index (χ2n) is 4.62. The third-order valence-corrected chi connectivity index (χ3v) is 3.31. The Labute approximate surface area is 91.2 Å². The van der Waals surface area contributed by atoms with Crippen molar-refractivity contribution in [3.63, 3.8) is 0 Å². The average molecular weight is 211 g/mol. The molecule has 0 aromatic carbocycles. The third kappa shape index (κ3) is 3.18. The Kier molecular flexibility index (Phi) is 3.59. The Hall–Kier alpha value is -0.610. The fourth-order valence-electron chi connectivity index (χ4n) is 2.18. The van der Waals surface area contributed by atoms with Gasteiger partial charge in [-0.05, 0) is 38.6 Å². The molecule has 0 aromatic heterocycles. The average Bonchev–Trinajstić information content (AvgIpc) is 2.94. The van der Waals surface area contributed by atoms with E-state index in [0.29, 0.717) is 6.04 Å². The zero-order valence-electron chi connectivity index (χ0n) is 9.38. The van der Waals surface area contributed by atoms with E-state index in [1.165, 1.54) is 12.8 Å². The first kappa shape index (κ1) is 10.9. The van der Waals surface area contributed by atoms with Crippen molar-refractivity contribution in [3.8, 4) is 0 Å². The minimum absolute atomic E-state index is 0.0425. The summed E-state index contributed by atoms with van der Waals surface area (Å²) in [7, 11) is 1.70. The van der Waals surface area contributed by atoms with Crippen molar-refractivity contribution in [3.05, 3.63) is 0 Å². The van der Waals surface area contributed by atoms with Crippen molar-refractivity contribution in [2.75, 3.05) is 13.6 Å². The van der Waals surface area contributed by atoms with Crippen molar-refractivity contribution in [1.29, 1.82) is 0 Å². The highest BCUT2D eigenvalue weighted by atomic mass is 16.2. The van der Waals surface area contributed by atoms with Crippen molar-refractivity contribution >= 4 is 5.91 Å². The van der Waals surface area contributed by atoms with Crippen LogP contribution in [0.3, 0.4) is 0 Å². The molecule has 0 aromatic rings. The Morgan fingerprint density at radius 1 is 1.33 bits per heavy atom. The van der Waals surface area contributed by atoms with E-state index in [1.807, 2.05) is 0 Å². The first-order chi connectivity index (χ1) is 7.29. The van der Waals surface area contributed by atoms with E-state index in [2.05, 4.69) is 16.0 Å². The van der Waals surface area contributed by atoms with Gasteiger partial charge >= 0.3 is 0 Å². The van der Waals surface area contributed by atoms with Gasteiger partial charge in [-0.15, -0.1) is 0 Å². The number of hydrogen-bond acceptors (Lipinski definition) is 3. The molecule has 2 unspecified atom stereocenters. The van der Waals surface area contributed by atoms with Crippen molar-refractivity contribution in [2.45, 2.75) is 50.2 Å². The fourth-order valence-corrected chi connectivity index (χ4v) is 2.18. The summed E-state index contributed by atoms with van der Waals surface area (Å²) < 4.78 is 0. The van der Waals surface area contributed by atoms with Gasteiger partial charge in [0.15, 0.2) is 0 Å². The van der Waals surface area contributed by atoms with E-state index in [0.717, 1.165) is 31.8 Å². The molecule has 86 valence electrons. The number of carbonyl (C=O) groups is 1. The van der Waals surface area contributed by atoms with E-state index in [9.17, 15) is 4.79 Å². The summed E-state index contributed by atoms with van der Waals surface area (Å²) in [6.45, 7) is 1.09. The second kappa shape index (κ2) is 4.94. The number of amides is 1. The van der Waals surface area contributed by atoms with Crippen molar-refractivity contribution in [1.82, 2.24) is 16.0 Å². The first-order valence-corrected chi connectivity index (χ1v) is 6.00. The Balaban J connectivity index is 1.61. The van der Waals surface area contributed by atoms with Gasteiger partial charge in [0, 0.05) is 19.1 Å². The van der Waals surface area contributed by atoms with Crippen LogP contribution in [0.2, 0.25) is 0 Å². The molecule has 4 nitrogen and oxygen atoms in total. The molecule has 2 rings (SSSR count). The summed E-state index contributed by atoms with van der Waals surface area (Å²) in [6.07, 6.45) is 5.94. The molecule has 2 fully saturated rings. The normalized spacial score (nSPS) is 30.5. The Morgan fingerprint density at radius 2 is 2.13 bits per heavy atom. The van der Waals surface area contributed by atoms with Crippen LogP contribution in [-0.4, -0.2) is 37.6 Å². The molecule has 1 aliphatic carbocycles. The van der Waals surface area contributed by atoms with Crippen molar-refractivity contribution < 1.29 is 4.79 Å². The lowest BCUT2D eigenvalue weighted by Crippen LogP contribution is -2.42. The summed E-state index contributed by atoms with van der Waals surface area (Å²) in [5, 5.41) is 9.58. The van der Waals surface area contributed by atoms with Crippen LogP contribution in [0.1, 0.15) is 32.1 Å². The maximum Gasteiger partial charge on any atom is 0.236 e. The highest BCUT2D eigenvalue weighted by molar-refractivity contribution is 5.81. The largest absolute Gasteiger partial charge is 0.358 e. The maximum atomic E-state index is 11.4. The van der Waals surface area contributed by atoms with Gasteiger partial charge < -0.3 is 16.0 Å². The lowest BCUT2D eigenvalue weighted by molar-refractivity contribution is -0.122. The van der Waals surface area contributed by atoms with Gasteiger partial charge in [-0.1, -0.05) is 0 Å². The molecule has 4 heteroatoms. The highest BCUT2D eigenvalue weighted by Crippen LogP contribution is 2.19. The minimum Gasteiger partial charge on any atom is -0.358 e. The van der Waals surface area contributed by atoms with E-state index in [4.69, 9.17) is 0 Å². The summed E-state index contributed by atoms with van der Waals surface area (Å²) in [4.78, 5) is 11.4. The number of likely N-dealkylation sites (N-methyl/N-ethyl adjacent to an activating group) is 1. The number of hydrogen-bond donors (Lipinski definition) is 3. The van der Waals surface area contributed by atoms with Gasteiger partial charge in [0.1, 0.15) is 0 Å². The highest BCUT2D eigenvalue weighted by Gasteiger charge is 2.28. The van der Waals surface area contributed by atoms with E-state index >= 15 is 0 Å². The molecule has 1 aliphatic heterocycles. The van der Waals surface area contributed by atoms with Crippen LogP contribution in [0.4, 0.5) is 0 Å². The summed E-state index contributed by atoms with van der Waals surface area (Å²) in [6, 6.07) is 1.36. The number of carbonyl (C=O) groups excluding carboxylic acids is 1. The van der Waals surface area contributed by atoms with E-state index in [1.54, 1.807) is 7.05 Å². The molecule has 1 saturated carbocycles. The second-order valence-corrected chi connectivity index (χ2v) is 4.62. The topological polar surface area (TPSA) is 53.2 Å². The van der Waals surface area contributed by atoms with Gasteiger partial charge in [0.25, 0.3) is 0 Å². The van der Waals surface area contributed by atoms with Crippen LogP contribution in [-0.2, 0) is 4.79 Å². The maximum absolute atomic E-state index is 11.4. The van der Waals surface area contributed by atoms with E-state index < -0.39 is 0 Å². The lowest BCUT2D eigenvalue weighted by Gasteiger charge is -2.13. The minimum atomic E-state index is 0.0425. The van der Waals surface area contributed by atoms with Gasteiger partial charge in [0.05, 0.1) is 6.04 Å². The lowest BCUT2D eigenvalue weighted by atomic mass is 10.1. The van der Waals surface area contributed by atoms with Crippen LogP contribution in [0.5, 0.6) is 0 Å². The molecule has 0 bridgehead atoms. The summed E-state index contributed by atoms with van der Waals surface area (Å²) in [5.74, 6) is 0.132. The molecular weight excluding hydrogens is 190 g/mol.